The Morgan fingerprint density at radius 2 is 2.13 bits per heavy atom. The summed E-state index contributed by atoms with van der Waals surface area (Å²) in [7, 11) is 3.99. The number of rotatable bonds is 5. The molecule has 0 aliphatic carbocycles. The highest BCUT2D eigenvalue weighted by Gasteiger charge is 2.01. The number of hydrogen-bond donors (Lipinski definition) is 1. The molecule has 1 unspecified atom stereocenters. The quantitative estimate of drug-likeness (QED) is 0.804. The first-order chi connectivity index (χ1) is 7.13. The largest absolute Gasteiger partial charge is 0.381 e. The van der Waals surface area contributed by atoms with Crippen molar-refractivity contribution in [3.05, 3.63) is 18.3 Å². The molecule has 1 N–H and O–H groups in total. The van der Waals surface area contributed by atoms with Crippen molar-refractivity contribution >= 4 is 11.5 Å². The number of nitrogens with zero attached hydrogens (tertiary/aromatic N) is 2. The minimum Gasteiger partial charge on any atom is -0.381 e. The molecule has 1 aromatic heterocycles. The second-order valence-electron chi connectivity index (χ2n) is 4.13. The van der Waals surface area contributed by atoms with E-state index in [0.29, 0.717) is 6.04 Å². The van der Waals surface area contributed by atoms with Crippen LogP contribution in [-0.2, 0) is 0 Å². The molecule has 0 aliphatic rings. The molecule has 0 saturated carbocycles. The van der Waals surface area contributed by atoms with Gasteiger partial charge >= 0.3 is 0 Å². The summed E-state index contributed by atoms with van der Waals surface area (Å²) < 4.78 is 0. The summed E-state index contributed by atoms with van der Waals surface area (Å²) in [6.07, 6.45) is 4.29. The first kappa shape index (κ1) is 11.8. The second-order valence-corrected chi connectivity index (χ2v) is 4.13. The second kappa shape index (κ2) is 5.59. The zero-order valence-electron chi connectivity index (χ0n) is 10.1. The van der Waals surface area contributed by atoms with Crippen molar-refractivity contribution in [2.45, 2.75) is 32.7 Å². The third kappa shape index (κ3) is 3.78. The van der Waals surface area contributed by atoms with E-state index in [1.165, 1.54) is 12.8 Å². The minimum absolute atomic E-state index is 0.516. The van der Waals surface area contributed by atoms with Crippen molar-refractivity contribution in [2.24, 2.45) is 0 Å². The van der Waals surface area contributed by atoms with Crippen LogP contribution in [0.15, 0.2) is 18.3 Å². The first-order valence-corrected chi connectivity index (χ1v) is 5.53. The molecule has 1 rings (SSSR count). The van der Waals surface area contributed by atoms with E-state index < -0.39 is 0 Å². The van der Waals surface area contributed by atoms with Gasteiger partial charge in [-0.1, -0.05) is 13.3 Å². The first-order valence-electron chi connectivity index (χ1n) is 5.53. The van der Waals surface area contributed by atoms with Gasteiger partial charge in [-0.25, -0.2) is 4.98 Å². The summed E-state index contributed by atoms with van der Waals surface area (Å²) in [5, 5.41) is 3.43. The fourth-order valence-electron chi connectivity index (χ4n) is 1.53. The predicted molar refractivity (Wildman–Crippen MR) is 66.6 cm³/mol. The fraction of sp³-hybridized carbons (Fsp3) is 0.583. The Kier molecular flexibility index (Phi) is 4.40. The monoisotopic (exact) mass is 207 g/mol. The van der Waals surface area contributed by atoms with Crippen LogP contribution in [-0.4, -0.2) is 25.1 Å². The Bertz CT molecular complexity index is 279. The third-order valence-corrected chi connectivity index (χ3v) is 2.34. The number of pyridine rings is 1. The number of nitrogens with one attached hydrogen (secondary N) is 1. The van der Waals surface area contributed by atoms with E-state index >= 15 is 0 Å². The fourth-order valence-corrected chi connectivity index (χ4v) is 1.53. The van der Waals surface area contributed by atoms with E-state index in [4.69, 9.17) is 0 Å². The van der Waals surface area contributed by atoms with Crippen LogP contribution in [0.1, 0.15) is 26.7 Å². The molecule has 1 aromatic rings. The molecule has 0 aliphatic heterocycles. The SMILES string of the molecule is CCCC(C)Nc1ccc(N(C)C)nc1. The highest BCUT2D eigenvalue weighted by atomic mass is 15.1. The number of aromatic nitrogens is 1. The van der Waals surface area contributed by atoms with E-state index in [2.05, 4.69) is 30.2 Å². The smallest absolute Gasteiger partial charge is 0.128 e. The van der Waals surface area contributed by atoms with Crippen molar-refractivity contribution in [3.63, 3.8) is 0 Å². The molecule has 1 heterocycles. The van der Waals surface area contributed by atoms with Gasteiger partial charge in [0.05, 0.1) is 11.9 Å². The van der Waals surface area contributed by atoms with Gasteiger partial charge in [0.15, 0.2) is 0 Å². The average molecular weight is 207 g/mol. The van der Waals surface area contributed by atoms with Crippen LogP contribution in [0.3, 0.4) is 0 Å². The summed E-state index contributed by atoms with van der Waals surface area (Å²) >= 11 is 0. The topological polar surface area (TPSA) is 28.2 Å². The molecule has 0 fully saturated rings. The number of anilines is 2. The maximum absolute atomic E-state index is 4.35. The maximum Gasteiger partial charge on any atom is 0.128 e. The molecule has 3 heteroatoms. The van der Waals surface area contributed by atoms with Crippen molar-refractivity contribution in [2.75, 3.05) is 24.3 Å². The summed E-state index contributed by atoms with van der Waals surface area (Å²) in [5.41, 5.74) is 1.10. The molecule has 84 valence electrons. The normalized spacial score (nSPS) is 12.3. The molecule has 0 spiro atoms. The van der Waals surface area contributed by atoms with E-state index in [-0.39, 0.29) is 0 Å². The van der Waals surface area contributed by atoms with Crippen LogP contribution in [0.5, 0.6) is 0 Å². The summed E-state index contributed by atoms with van der Waals surface area (Å²) in [5.74, 6) is 0.990. The van der Waals surface area contributed by atoms with Gasteiger partial charge in [0.2, 0.25) is 0 Å². The Morgan fingerprint density at radius 3 is 2.60 bits per heavy atom. The zero-order valence-corrected chi connectivity index (χ0v) is 10.1. The van der Waals surface area contributed by atoms with Crippen LogP contribution >= 0.6 is 0 Å². The predicted octanol–water partition coefficient (Wildman–Crippen LogP) is 2.75. The summed E-state index contributed by atoms with van der Waals surface area (Å²) in [6, 6.07) is 4.62. The van der Waals surface area contributed by atoms with Gasteiger partial charge in [-0.3, -0.25) is 0 Å². The molecule has 0 bridgehead atoms. The van der Waals surface area contributed by atoms with Crippen molar-refractivity contribution in [1.82, 2.24) is 4.98 Å². The van der Waals surface area contributed by atoms with Crippen molar-refractivity contribution < 1.29 is 0 Å². The summed E-state index contributed by atoms with van der Waals surface area (Å²) in [4.78, 5) is 6.35. The van der Waals surface area contributed by atoms with E-state index in [1.807, 2.05) is 31.3 Å². The van der Waals surface area contributed by atoms with Crippen molar-refractivity contribution in [1.29, 1.82) is 0 Å². The van der Waals surface area contributed by atoms with E-state index in [9.17, 15) is 0 Å². The molecular weight excluding hydrogens is 186 g/mol. The van der Waals surface area contributed by atoms with E-state index in [1.54, 1.807) is 0 Å². The highest BCUT2D eigenvalue weighted by Crippen LogP contribution is 2.13. The Morgan fingerprint density at radius 1 is 1.40 bits per heavy atom. The molecule has 0 saturated heterocycles. The minimum atomic E-state index is 0.516. The molecule has 0 amide bonds. The molecule has 0 aromatic carbocycles. The van der Waals surface area contributed by atoms with Gasteiger partial charge in [-0.05, 0) is 25.5 Å². The number of hydrogen-bond acceptors (Lipinski definition) is 3. The van der Waals surface area contributed by atoms with Gasteiger partial charge < -0.3 is 10.2 Å². The van der Waals surface area contributed by atoms with Gasteiger partial charge in [-0.2, -0.15) is 0 Å². The van der Waals surface area contributed by atoms with Crippen molar-refractivity contribution in [3.8, 4) is 0 Å². The van der Waals surface area contributed by atoms with Crippen LogP contribution in [0.4, 0.5) is 11.5 Å². The van der Waals surface area contributed by atoms with Crippen LogP contribution in [0, 0.1) is 0 Å². The molecule has 3 nitrogen and oxygen atoms in total. The van der Waals surface area contributed by atoms with Gasteiger partial charge in [0.25, 0.3) is 0 Å². The maximum atomic E-state index is 4.35. The van der Waals surface area contributed by atoms with Crippen LogP contribution < -0.4 is 10.2 Å². The van der Waals surface area contributed by atoms with E-state index in [0.717, 1.165) is 11.5 Å². The van der Waals surface area contributed by atoms with Gasteiger partial charge in [-0.15, -0.1) is 0 Å². The van der Waals surface area contributed by atoms with Gasteiger partial charge in [0.1, 0.15) is 5.82 Å². The average Bonchev–Trinajstić information content (AvgIpc) is 2.18. The zero-order chi connectivity index (χ0) is 11.3. The lowest BCUT2D eigenvalue weighted by Gasteiger charge is -2.15. The van der Waals surface area contributed by atoms with Crippen LogP contribution in [0.25, 0.3) is 0 Å². The lowest BCUT2D eigenvalue weighted by atomic mass is 10.2. The lowest BCUT2D eigenvalue weighted by molar-refractivity contribution is 0.690. The Balaban J connectivity index is 2.56. The molecular formula is C12H21N3. The standard InChI is InChI=1S/C12H21N3/c1-5-6-10(2)14-11-7-8-12(13-9-11)15(3)4/h7-10,14H,5-6H2,1-4H3. The molecule has 15 heavy (non-hydrogen) atoms. The Hall–Kier alpha value is -1.25. The Labute approximate surface area is 92.5 Å². The molecule has 1 atom stereocenters. The molecule has 0 radical (unpaired) electrons. The highest BCUT2D eigenvalue weighted by molar-refractivity contribution is 5.48. The third-order valence-electron chi connectivity index (χ3n) is 2.34. The van der Waals surface area contributed by atoms with Crippen LogP contribution in [0.2, 0.25) is 0 Å². The lowest BCUT2D eigenvalue weighted by Crippen LogP contribution is -2.15. The van der Waals surface area contributed by atoms with Gasteiger partial charge in [0, 0.05) is 20.1 Å². The summed E-state index contributed by atoms with van der Waals surface area (Å²) in [6.45, 7) is 4.40.